The SMILES string of the molecule is CCCCCCCCCCCCCCCCCCCC(=O)OC[C@H](COP(=O)(O)OC[C@@H](O)COP(=O)(O)OC[C@@H](COC(=O)CCCCCCCCCC)OC(=O)CCCCCCCCCCCC)OC(=O)CCCCCCCCCCCCCCCCCCC(C)C. The minimum Gasteiger partial charge on any atom is -0.462 e. The van der Waals surface area contributed by atoms with Crippen molar-refractivity contribution < 1.29 is 80.2 Å². The summed E-state index contributed by atoms with van der Waals surface area (Å²) >= 11 is 0. The zero-order valence-corrected chi connectivity index (χ0v) is 62.9. The Morgan fingerprint density at radius 3 is 0.723 bits per heavy atom. The fourth-order valence-corrected chi connectivity index (χ4v) is 13.1. The Morgan fingerprint density at radius 1 is 0.287 bits per heavy atom. The van der Waals surface area contributed by atoms with Crippen molar-refractivity contribution in [1.29, 1.82) is 0 Å². The van der Waals surface area contributed by atoms with Crippen LogP contribution < -0.4 is 0 Å². The number of rotatable bonds is 75. The molecule has 0 spiro atoms. The summed E-state index contributed by atoms with van der Waals surface area (Å²) in [7, 11) is -9.90. The van der Waals surface area contributed by atoms with Crippen molar-refractivity contribution in [2.45, 2.75) is 412 Å². The van der Waals surface area contributed by atoms with Crippen LogP contribution in [-0.2, 0) is 65.4 Å². The number of phosphoric acid groups is 2. The maximum absolute atomic E-state index is 13.1. The third-order valence-electron chi connectivity index (χ3n) is 17.5. The van der Waals surface area contributed by atoms with Crippen LogP contribution in [0.1, 0.15) is 394 Å². The molecule has 0 aliphatic heterocycles. The van der Waals surface area contributed by atoms with Crippen LogP contribution in [-0.4, -0.2) is 96.7 Å². The smallest absolute Gasteiger partial charge is 0.462 e. The minimum atomic E-state index is -4.96. The molecule has 17 nitrogen and oxygen atoms in total. The van der Waals surface area contributed by atoms with E-state index in [2.05, 4.69) is 34.6 Å². The summed E-state index contributed by atoms with van der Waals surface area (Å²) in [5, 5.41) is 10.6. The van der Waals surface area contributed by atoms with E-state index in [1.807, 2.05) is 0 Å². The van der Waals surface area contributed by atoms with E-state index in [4.69, 9.17) is 37.0 Å². The lowest BCUT2D eigenvalue weighted by atomic mass is 10.0. The normalized spacial score (nSPS) is 14.0. The second kappa shape index (κ2) is 68.2. The van der Waals surface area contributed by atoms with E-state index in [-0.39, 0.29) is 25.7 Å². The first-order valence-electron chi connectivity index (χ1n) is 39.1. The van der Waals surface area contributed by atoms with E-state index < -0.39 is 97.5 Å². The van der Waals surface area contributed by atoms with Gasteiger partial charge in [0.1, 0.15) is 19.3 Å². The van der Waals surface area contributed by atoms with Gasteiger partial charge in [-0.25, -0.2) is 9.13 Å². The molecule has 0 saturated heterocycles. The van der Waals surface area contributed by atoms with Crippen LogP contribution in [0.15, 0.2) is 0 Å². The Kier molecular flexibility index (Phi) is 66.8. The van der Waals surface area contributed by atoms with Gasteiger partial charge in [-0.05, 0) is 31.6 Å². The number of unbranched alkanes of at least 4 members (excludes halogenated alkanes) is 47. The third kappa shape index (κ3) is 68.6. The maximum Gasteiger partial charge on any atom is 0.472 e. The molecule has 19 heteroatoms. The predicted molar refractivity (Wildman–Crippen MR) is 382 cm³/mol. The summed E-state index contributed by atoms with van der Waals surface area (Å²) in [6.07, 6.45) is 57.0. The van der Waals surface area contributed by atoms with Gasteiger partial charge in [-0.1, -0.05) is 343 Å². The maximum atomic E-state index is 13.1. The summed E-state index contributed by atoms with van der Waals surface area (Å²) < 4.78 is 68.4. The van der Waals surface area contributed by atoms with E-state index in [0.717, 1.165) is 102 Å². The summed E-state index contributed by atoms with van der Waals surface area (Å²) in [6, 6.07) is 0. The first kappa shape index (κ1) is 92.1. The number of hydrogen-bond donors (Lipinski definition) is 3. The second-order valence-electron chi connectivity index (χ2n) is 27.5. The predicted octanol–water partition coefficient (Wildman–Crippen LogP) is 22.1. The molecular weight excluding hydrogens is 1230 g/mol. The van der Waals surface area contributed by atoms with Crippen molar-refractivity contribution in [2.75, 3.05) is 39.6 Å². The quantitative estimate of drug-likeness (QED) is 0.0222. The van der Waals surface area contributed by atoms with Gasteiger partial charge in [-0.15, -0.1) is 0 Å². The van der Waals surface area contributed by atoms with Gasteiger partial charge in [0.2, 0.25) is 0 Å². The van der Waals surface area contributed by atoms with Crippen LogP contribution in [0.4, 0.5) is 0 Å². The van der Waals surface area contributed by atoms with E-state index in [0.29, 0.717) is 25.7 Å². The lowest BCUT2D eigenvalue weighted by Crippen LogP contribution is -2.30. The van der Waals surface area contributed by atoms with E-state index in [1.165, 1.54) is 212 Å². The molecule has 0 amide bonds. The Hall–Kier alpha value is -1.94. The highest BCUT2D eigenvalue weighted by Crippen LogP contribution is 2.45. The van der Waals surface area contributed by atoms with Gasteiger partial charge in [-0.3, -0.25) is 37.3 Å². The van der Waals surface area contributed by atoms with Crippen molar-refractivity contribution in [3.05, 3.63) is 0 Å². The number of phosphoric ester groups is 2. The van der Waals surface area contributed by atoms with E-state index in [1.54, 1.807) is 0 Å². The number of ether oxygens (including phenoxy) is 4. The van der Waals surface area contributed by atoms with Gasteiger partial charge in [0.05, 0.1) is 26.4 Å². The molecule has 0 radical (unpaired) electrons. The summed E-state index contributed by atoms with van der Waals surface area (Å²) in [6.45, 7) is 7.28. The average Bonchev–Trinajstić information content (AvgIpc) is 1.19. The number of esters is 4. The van der Waals surface area contributed by atoms with Crippen molar-refractivity contribution in [1.82, 2.24) is 0 Å². The van der Waals surface area contributed by atoms with Crippen molar-refractivity contribution in [3.8, 4) is 0 Å². The molecule has 0 aromatic carbocycles. The van der Waals surface area contributed by atoms with Gasteiger partial charge in [0, 0.05) is 25.7 Å². The standard InChI is InChI=1S/C75H146O17P2/c1-6-9-12-15-18-21-23-24-25-26-30-33-36-40-44-49-54-59-73(78)86-65-71(92-75(80)61-56-51-46-41-37-34-31-28-27-29-32-35-38-42-47-52-57-68(4)5)67-90-94(83,84)88-63-69(76)62-87-93(81,82)89-66-70(64-85-72(77)58-53-48-43-20-17-14-11-8-3)91-74(79)60-55-50-45-39-22-19-16-13-10-7-2/h68-71,76H,6-67H2,1-5H3,(H,81,82)(H,83,84)/t69-,70+,71+/m0/s1. The molecule has 0 aliphatic carbocycles. The monoisotopic (exact) mass is 1380 g/mol. The topological polar surface area (TPSA) is 237 Å². The molecule has 0 rings (SSSR count). The fraction of sp³-hybridized carbons (Fsp3) is 0.947. The highest BCUT2D eigenvalue weighted by atomic mass is 31.2. The third-order valence-corrected chi connectivity index (χ3v) is 19.4. The first-order chi connectivity index (χ1) is 45.5. The molecule has 558 valence electrons. The van der Waals surface area contributed by atoms with Crippen LogP contribution in [0.2, 0.25) is 0 Å². The van der Waals surface area contributed by atoms with Gasteiger partial charge in [0.25, 0.3) is 0 Å². The lowest BCUT2D eigenvalue weighted by molar-refractivity contribution is -0.161. The highest BCUT2D eigenvalue weighted by Gasteiger charge is 2.30. The molecule has 0 saturated carbocycles. The highest BCUT2D eigenvalue weighted by molar-refractivity contribution is 7.47. The molecule has 3 N–H and O–H groups in total. The molecular formula is C75H146O17P2. The second-order valence-corrected chi connectivity index (χ2v) is 30.4. The molecule has 0 heterocycles. The number of aliphatic hydroxyl groups excluding tert-OH is 1. The van der Waals surface area contributed by atoms with Crippen LogP contribution in [0.3, 0.4) is 0 Å². The summed E-state index contributed by atoms with van der Waals surface area (Å²) in [5.41, 5.74) is 0. The zero-order valence-electron chi connectivity index (χ0n) is 61.1. The Labute approximate surface area is 575 Å². The molecule has 0 aliphatic rings. The number of carbonyl (C=O) groups is 4. The number of carbonyl (C=O) groups excluding carboxylic acids is 4. The van der Waals surface area contributed by atoms with E-state index >= 15 is 0 Å². The van der Waals surface area contributed by atoms with Crippen molar-refractivity contribution >= 4 is 39.5 Å². The first-order valence-corrected chi connectivity index (χ1v) is 42.1. The van der Waals surface area contributed by atoms with Crippen molar-refractivity contribution in [3.63, 3.8) is 0 Å². The van der Waals surface area contributed by atoms with Gasteiger partial charge < -0.3 is 33.8 Å². The average molecular weight is 1380 g/mol. The Bertz CT molecular complexity index is 1810. The Morgan fingerprint density at radius 2 is 0.489 bits per heavy atom. The Balaban J connectivity index is 5.18. The minimum absolute atomic E-state index is 0.107. The molecule has 5 atom stereocenters. The zero-order chi connectivity index (χ0) is 69.1. The molecule has 0 bridgehead atoms. The number of hydrogen-bond acceptors (Lipinski definition) is 15. The van der Waals surface area contributed by atoms with Crippen LogP contribution in [0.5, 0.6) is 0 Å². The molecule has 0 aromatic heterocycles. The molecule has 94 heavy (non-hydrogen) atoms. The number of aliphatic hydroxyl groups is 1. The van der Waals surface area contributed by atoms with E-state index in [9.17, 15) is 43.2 Å². The van der Waals surface area contributed by atoms with Crippen LogP contribution >= 0.6 is 15.6 Å². The van der Waals surface area contributed by atoms with Gasteiger partial charge in [0.15, 0.2) is 12.2 Å². The summed E-state index contributed by atoms with van der Waals surface area (Å²) in [4.78, 5) is 72.6. The lowest BCUT2D eigenvalue weighted by Gasteiger charge is -2.21. The molecule has 2 unspecified atom stereocenters. The largest absolute Gasteiger partial charge is 0.472 e. The summed E-state index contributed by atoms with van der Waals surface area (Å²) in [5.74, 6) is -1.31. The fourth-order valence-electron chi connectivity index (χ4n) is 11.5. The van der Waals surface area contributed by atoms with Crippen molar-refractivity contribution in [2.24, 2.45) is 5.92 Å². The van der Waals surface area contributed by atoms with Crippen LogP contribution in [0, 0.1) is 5.92 Å². The molecule has 0 fully saturated rings. The van der Waals surface area contributed by atoms with Crippen LogP contribution in [0.25, 0.3) is 0 Å². The van der Waals surface area contributed by atoms with Gasteiger partial charge in [-0.2, -0.15) is 0 Å². The van der Waals surface area contributed by atoms with Gasteiger partial charge >= 0.3 is 39.5 Å². The molecule has 0 aromatic rings.